The molecule has 0 radical (unpaired) electrons. The maximum absolute atomic E-state index is 9.94. The molecule has 0 fully saturated rings. The molecule has 0 aliphatic rings. The third-order valence-electron chi connectivity index (χ3n) is 4.72. The molecule has 1 unspecified atom stereocenters. The number of aliphatic hydroxyl groups is 1. The van der Waals surface area contributed by atoms with Gasteiger partial charge >= 0.3 is 0 Å². The van der Waals surface area contributed by atoms with Gasteiger partial charge < -0.3 is 25.0 Å². The number of halogens is 2. The van der Waals surface area contributed by atoms with Crippen molar-refractivity contribution < 1.29 is 9.84 Å². The molecule has 0 aliphatic carbocycles. The topological polar surface area (TPSA) is 97.5 Å². The van der Waals surface area contributed by atoms with Gasteiger partial charge in [0.2, 0.25) is 0 Å². The number of nitrogens with one attached hydrogen (secondary N) is 1. The van der Waals surface area contributed by atoms with Crippen molar-refractivity contribution in [3.8, 4) is 11.8 Å². The summed E-state index contributed by atoms with van der Waals surface area (Å²) in [5.41, 5.74) is 1.46. The lowest BCUT2D eigenvalue weighted by molar-refractivity contribution is 0.0831. The molecule has 1 atom stereocenters. The first-order chi connectivity index (χ1) is 16.4. The first kappa shape index (κ1) is 25.5. The number of ether oxygens (including phenoxy) is 1. The van der Waals surface area contributed by atoms with Gasteiger partial charge in [-0.2, -0.15) is 5.26 Å². The molecule has 0 amide bonds. The van der Waals surface area contributed by atoms with Crippen molar-refractivity contribution in [2.45, 2.75) is 12.5 Å². The zero-order valence-corrected chi connectivity index (χ0v) is 20.5. The number of benzene rings is 2. The number of hydrogen-bond acceptors (Lipinski definition) is 8. The van der Waals surface area contributed by atoms with E-state index >= 15 is 0 Å². The number of likely N-dealkylation sites (N-methyl/N-ethyl adjacent to an activating group) is 1. The summed E-state index contributed by atoms with van der Waals surface area (Å²) in [4.78, 5) is 12.4. The maximum Gasteiger partial charge on any atom is 0.138 e. The molecular weight excluding hydrogens is 475 g/mol. The van der Waals surface area contributed by atoms with Crippen molar-refractivity contribution in [1.29, 1.82) is 5.26 Å². The lowest BCUT2D eigenvalue weighted by Crippen LogP contribution is -2.30. The number of aliphatic hydroxyl groups excluding tert-OH is 1. The zero-order valence-electron chi connectivity index (χ0n) is 18.9. The highest BCUT2D eigenvalue weighted by Crippen LogP contribution is 2.34. The molecule has 2 N–H and O–H groups in total. The van der Waals surface area contributed by atoms with E-state index in [1.807, 2.05) is 48.2 Å². The van der Waals surface area contributed by atoms with E-state index in [0.29, 0.717) is 46.2 Å². The Bertz CT molecular complexity index is 1120. The molecule has 8 nitrogen and oxygen atoms in total. The number of nitriles is 1. The second-order valence-corrected chi connectivity index (χ2v) is 8.64. The summed E-state index contributed by atoms with van der Waals surface area (Å²) in [5, 5.41) is 23.3. The fraction of sp³-hybridized carbons (Fsp3) is 0.292. The van der Waals surface area contributed by atoms with E-state index < -0.39 is 6.10 Å². The van der Waals surface area contributed by atoms with Gasteiger partial charge in [0.25, 0.3) is 0 Å². The third-order valence-corrected chi connectivity index (χ3v) is 5.28. The van der Waals surface area contributed by atoms with Gasteiger partial charge in [-0.3, -0.25) is 0 Å². The molecule has 34 heavy (non-hydrogen) atoms. The Labute approximate surface area is 209 Å². The monoisotopic (exact) mass is 500 g/mol. The van der Waals surface area contributed by atoms with E-state index in [4.69, 9.17) is 33.2 Å². The lowest BCUT2D eigenvalue weighted by Gasteiger charge is -2.24. The Hall–Kier alpha value is -3.09. The summed E-state index contributed by atoms with van der Waals surface area (Å²) in [6, 6.07) is 16.4. The van der Waals surface area contributed by atoms with Gasteiger partial charge in [0.1, 0.15) is 36.4 Å². The number of rotatable bonds is 11. The fourth-order valence-corrected chi connectivity index (χ4v) is 3.61. The van der Waals surface area contributed by atoms with Gasteiger partial charge in [0.05, 0.1) is 23.2 Å². The van der Waals surface area contributed by atoms with Crippen LogP contribution in [-0.2, 0) is 0 Å². The summed E-state index contributed by atoms with van der Waals surface area (Å²) in [6.07, 6.45) is 1.16. The van der Waals surface area contributed by atoms with E-state index in [1.165, 1.54) is 6.33 Å². The molecule has 3 aromatic rings. The summed E-state index contributed by atoms with van der Waals surface area (Å²) in [6.45, 7) is 1.13. The predicted molar refractivity (Wildman–Crippen MR) is 136 cm³/mol. The van der Waals surface area contributed by atoms with Crippen LogP contribution < -0.4 is 15.0 Å². The average Bonchev–Trinajstić information content (AvgIpc) is 2.81. The van der Waals surface area contributed by atoms with Gasteiger partial charge in [-0.15, -0.1) is 0 Å². The molecule has 178 valence electrons. The van der Waals surface area contributed by atoms with Crippen LogP contribution in [0.15, 0.2) is 54.9 Å². The quantitative estimate of drug-likeness (QED) is 0.384. The van der Waals surface area contributed by atoms with Crippen molar-refractivity contribution >= 4 is 46.2 Å². The molecule has 1 aromatic heterocycles. The molecule has 0 saturated heterocycles. The van der Waals surface area contributed by atoms with E-state index in [9.17, 15) is 5.11 Å². The Morgan fingerprint density at radius 1 is 1.12 bits per heavy atom. The second-order valence-electron chi connectivity index (χ2n) is 7.79. The van der Waals surface area contributed by atoms with Gasteiger partial charge in [-0.05, 0) is 56.6 Å². The predicted octanol–water partition coefficient (Wildman–Crippen LogP) is 4.88. The van der Waals surface area contributed by atoms with E-state index in [0.717, 1.165) is 5.69 Å². The third kappa shape index (κ3) is 7.47. The van der Waals surface area contributed by atoms with Crippen LogP contribution in [0.1, 0.15) is 6.42 Å². The second kappa shape index (κ2) is 12.4. The number of aromatic nitrogens is 2. The summed E-state index contributed by atoms with van der Waals surface area (Å²) in [5.74, 6) is 1.80. The maximum atomic E-state index is 9.94. The Balaban J connectivity index is 1.73. The van der Waals surface area contributed by atoms with Gasteiger partial charge in [-0.1, -0.05) is 23.2 Å². The number of nitrogens with zero attached hydrogens (tertiary/aromatic N) is 5. The summed E-state index contributed by atoms with van der Waals surface area (Å²) >= 11 is 12.6. The molecule has 0 bridgehead atoms. The Morgan fingerprint density at radius 2 is 1.88 bits per heavy atom. The first-order valence-electron chi connectivity index (χ1n) is 10.6. The van der Waals surface area contributed by atoms with Crippen LogP contribution in [0.3, 0.4) is 0 Å². The first-order valence-corrected chi connectivity index (χ1v) is 11.4. The molecule has 3 rings (SSSR count). The SMILES string of the molecule is CN(C)CC(O)COc1ccc(Nc2cc(N(CCC#N)c3cc(Cl)ccc3Cl)ncn2)cc1. The van der Waals surface area contributed by atoms with Gasteiger partial charge in [-0.25, -0.2) is 9.97 Å². The van der Waals surface area contributed by atoms with Crippen molar-refractivity contribution in [2.75, 3.05) is 44.0 Å². The molecule has 0 spiro atoms. The number of anilines is 4. The van der Waals surface area contributed by atoms with Crippen molar-refractivity contribution in [3.05, 3.63) is 64.9 Å². The normalized spacial score (nSPS) is 11.7. The van der Waals surface area contributed by atoms with E-state index in [2.05, 4.69) is 21.4 Å². The fourth-order valence-electron chi connectivity index (χ4n) is 3.22. The number of hydrogen-bond donors (Lipinski definition) is 2. The van der Waals surface area contributed by atoms with Crippen molar-refractivity contribution in [3.63, 3.8) is 0 Å². The van der Waals surface area contributed by atoms with Gasteiger partial charge in [0, 0.05) is 29.9 Å². The largest absolute Gasteiger partial charge is 0.491 e. The highest BCUT2D eigenvalue weighted by molar-refractivity contribution is 6.35. The zero-order chi connectivity index (χ0) is 24.5. The van der Waals surface area contributed by atoms with Crippen LogP contribution in [0.25, 0.3) is 0 Å². The summed E-state index contributed by atoms with van der Waals surface area (Å²) in [7, 11) is 3.79. The van der Waals surface area contributed by atoms with E-state index in [-0.39, 0.29) is 13.0 Å². The van der Waals surface area contributed by atoms with E-state index in [1.54, 1.807) is 24.3 Å². The molecule has 10 heteroatoms. The molecule has 0 saturated carbocycles. The van der Waals surface area contributed by atoms with Crippen molar-refractivity contribution in [2.24, 2.45) is 0 Å². The smallest absolute Gasteiger partial charge is 0.138 e. The standard InChI is InChI=1S/C24H26Cl2N6O2/c1-31(2)14-19(33)15-34-20-7-5-18(6-8-20)30-23-13-24(29-16-28-23)32(11-3-10-27)22-12-17(25)4-9-21(22)26/h4-9,12-13,16,19,33H,3,11,14-15H2,1-2H3,(H,28,29,30). The molecule has 0 aliphatic heterocycles. The minimum absolute atomic E-state index is 0.213. The Morgan fingerprint density at radius 3 is 2.59 bits per heavy atom. The highest BCUT2D eigenvalue weighted by Gasteiger charge is 2.16. The van der Waals surface area contributed by atoms with Crippen molar-refractivity contribution in [1.82, 2.24) is 14.9 Å². The van der Waals surface area contributed by atoms with Crippen LogP contribution >= 0.6 is 23.2 Å². The van der Waals surface area contributed by atoms with Crippen LogP contribution in [0.5, 0.6) is 5.75 Å². The van der Waals surface area contributed by atoms with Crippen LogP contribution in [0, 0.1) is 11.3 Å². The Kier molecular flexibility index (Phi) is 9.31. The summed E-state index contributed by atoms with van der Waals surface area (Å²) < 4.78 is 5.65. The average molecular weight is 501 g/mol. The minimum Gasteiger partial charge on any atom is -0.491 e. The van der Waals surface area contributed by atoms with Crippen LogP contribution in [0.2, 0.25) is 10.0 Å². The molecule has 1 heterocycles. The minimum atomic E-state index is -0.566. The highest BCUT2D eigenvalue weighted by atomic mass is 35.5. The van der Waals surface area contributed by atoms with Crippen LogP contribution in [-0.4, -0.2) is 59.9 Å². The lowest BCUT2D eigenvalue weighted by atomic mass is 10.2. The van der Waals surface area contributed by atoms with Gasteiger partial charge in [0.15, 0.2) is 0 Å². The molecule has 2 aromatic carbocycles. The molecular formula is C24H26Cl2N6O2. The van der Waals surface area contributed by atoms with Crippen LogP contribution in [0.4, 0.5) is 23.0 Å².